The predicted molar refractivity (Wildman–Crippen MR) is 134 cm³/mol. The average molecular weight is 459 g/mol. The van der Waals surface area contributed by atoms with E-state index in [4.69, 9.17) is 9.72 Å². The number of aryl methyl sites for hydroxylation is 1. The number of anilines is 1. The number of carbonyl (C=O) groups excluding carboxylic acids is 2. The van der Waals surface area contributed by atoms with Crippen molar-refractivity contribution in [3.63, 3.8) is 0 Å². The number of aromatic nitrogens is 1. The molecule has 0 aliphatic heterocycles. The van der Waals surface area contributed by atoms with Gasteiger partial charge in [-0.25, -0.2) is 9.78 Å². The fourth-order valence-electron chi connectivity index (χ4n) is 3.78. The van der Waals surface area contributed by atoms with Crippen molar-refractivity contribution in [3.8, 4) is 11.3 Å². The summed E-state index contributed by atoms with van der Waals surface area (Å²) in [7, 11) is 1.34. The summed E-state index contributed by atoms with van der Waals surface area (Å²) < 4.78 is 4.94. The van der Waals surface area contributed by atoms with Gasteiger partial charge in [-0.1, -0.05) is 56.3 Å². The van der Waals surface area contributed by atoms with Crippen LogP contribution in [0.3, 0.4) is 0 Å². The van der Waals surface area contributed by atoms with E-state index in [1.54, 1.807) is 0 Å². The summed E-state index contributed by atoms with van der Waals surface area (Å²) in [5, 5.41) is 4.19. The summed E-state index contributed by atoms with van der Waals surface area (Å²) >= 11 is 1.37. The largest absolute Gasteiger partial charge is 0.465 e. The van der Waals surface area contributed by atoms with Crippen LogP contribution in [0.1, 0.15) is 56.5 Å². The van der Waals surface area contributed by atoms with E-state index in [1.807, 2.05) is 56.3 Å². The highest BCUT2D eigenvalue weighted by Gasteiger charge is 2.23. The molecular formula is C27H26N2O3S. The van der Waals surface area contributed by atoms with Crippen LogP contribution < -0.4 is 5.32 Å². The number of ether oxygens (including phenoxy) is 1. The van der Waals surface area contributed by atoms with Gasteiger partial charge >= 0.3 is 5.97 Å². The molecule has 0 atom stereocenters. The SMILES string of the molecule is COC(=O)c1c(NC(=O)c2cc(-c3ccc(C(C)C)cc3)nc3ccccc23)sc(C)c1C. The van der Waals surface area contributed by atoms with Gasteiger partial charge in [0, 0.05) is 15.8 Å². The van der Waals surface area contributed by atoms with Gasteiger partial charge in [-0.15, -0.1) is 11.3 Å². The zero-order valence-electron chi connectivity index (χ0n) is 19.4. The Labute approximate surface area is 197 Å². The summed E-state index contributed by atoms with van der Waals surface area (Å²) in [6, 6.07) is 17.7. The van der Waals surface area contributed by atoms with Crippen molar-refractivity contribution in [1.29, 1.82) is 0 Å². The predicted octanol–water partition coefficient (Wildman–Crippen LogP) is 6.74. The summed E-state index contributed by atoms with van der Waals surface area (Å²) in [5.41, 5.74) is 5.36. The molecule has 0 radical (unpaired) electrons. The first kappa shape index (κ1) is 22.7. The molecule has 0 bridgehead atoms. The molecule has 2 aromatic heterocycles. The normalized spacial score (nSPS) is 11.1. The molecule has 2 heterocycles. The number of pyridine rings is 1. The lowest BCUT2D eigenvalue weighted by Crippen LogP contribution is -2.15. The van der Waals surface area contributed by atoms with E-state index in [9.17, 15) is 9.59 Å². The second-order valence-corrected chi connectivity index (χ2v) is 9.51. The van der Waals surface area contributed by atoms with Gasteiger partial charge in [0.15, 0.2) is 0 Å². The van der Waals surface area contributed by atoms with Crippen molar-refractivity contribution in [3.05, 3.63) is 81.7 Å². The molecule has 0 aliphatic rings. The van der Waals surface area contributed by atoms with Crippen LogP contribution in [0, 0.1) is 13.8 Å². The minimum absolute atomic E-state index is 0.292. The van der Waals surface area contributed by atoms with Crippen molar-refractivity contribution in [2.45, 2.75) is 33.6 Å². The number of esters is 1. The first-order valence-electron chi connectivity index (χ1n) is 10.8. The van der Waals surface area contributed by atoms with Crippen molar-refractivity contribution >= 4 is 39.1 Å². The number of amides is 1. The molecule has 0 saturated carbocycles. The number of benzene rings is 2. The van der Waals surface area contributed by atoms with Crippen LogP contribution in [0.4, 0.5) is 5.00 Å². The molecule has 0 aliphatic carbocycles. The molecule has 0 fully saturated rings. The first-order chi connectivity index (χ1) is 15.8. The number of thiophene rings is 1. The topological polar surface area (TPSA) is 68.3 Å². The van der Waals surface area contributed by atoms with Gasteiger partial charge in [-0.3, -0.25) is 4.79 Å². The van der Waals surface area contributed by atoms with Crippen molar-refractivity contribution in [2.75, 3.05) is 12.4 Å². The van der Waals surface area contributed by atoms with Gasteiger partial charge in [0.2, 0.25) is 0 Å². The monoisotopic (exact) mass is 458 g/mol. The van der Waals surface area contributed by atoms with E-state index in [0.717, 1.165) is 32.6 Å². The van der Waals surface area contributed by atoms with Crippen molar-refractivity contribution < 1.29 is 14.3 Å². The molecule has 0 unspecified atom stereocenters. The summed E-state index contributed by atoms with van der Waals surface area (Å²) in [6.07, 6.45) is 0. The third-order valence-electron chi connectivity index (χ3n) is 5.84. The maximum absolute atomic E-state index is 13.5. The second kappa shape index (κ2) is 9.16. The molecule has 168 valence electrons. The number of hydrogen-bond acceptors (Lipinski definition) is 5. The van der Waals surface area contributed by atoms with Crippen molar-refractivity contribution in [2.24, 2.45) is 0 Å². The van der Waals surface area contributed by atoms with Crippen LogP contribution >= 0.6 is 11.3 Å². The quantitative estimate of drug-likeness (QED) is 0.336. The van der Waals surface area contributed by atoms with E-state index in [2.05, 4.69) is 31.3 Å². The van der Waals surface area contributed by atoms with Crippen LogP contribution in [-0.2, 0) is 4.74 Å². The molecule has 0 saturated heterocycles. The van der Waals surface area contributed by atoms with Gasteiger partial charge in [0.05, 0.1) is 29.4 Å². The molecule has 1 amide bonds. The minimum Gasteiger partial charge on any atom is -0.465 e. The zero-order chi connectivity index (χ0) is 23.7. The second-order valence-electron chi connectivity index (χ2n) is 8.28. The third-order valence-corrected chi connectivity index (χ3v) is 6.96. The maximum atomic E-state index is 13.5. The number of para-hydroxylation sites is 1. The number of fused-ring (bicyclic) bond motifs is 1. The molecule has 6 heteroatoms. The molecule has 4 aromatic rings. The van der Waals surface area contributed by atoms with E-state index >= 15 is 0 Å². The van der Waals surface area contributed by atoms with E-state index in [-0.39, 0.29) is 5.91 Å². The summed E-state index contributed by atoms with van der Waals surface area (Å²) in [4.78, 5) is 31.5. The zero-order valence-corrected chi connectivity index (χ0v) is 20.2. The van der Waals surface area contributed by atoms with Crippen LogP contribution in [0.25, 0.3) is 22.2 Å². The lowest BCUT2D eigenvalue weighted by atomic mass is 9.99. The van der Waals surface area contributed by atoms with Crippen LogP contribution in [0.5, 0.6) is 0 Å². The number of carbonyl (C=O) groups is 2. The van der Waals surface area contributed by atoms with Gasteiger partial charge in [0.1, 0.15) is 5.00 Å². The smallest absolute Gasteiger partial charge is 0.341 e. The number of methoxy groups -OCH3 is 1. The van der Waals surface area contributed by atoms with E-state index in [0.29, 0.717) is 22.0 Å². The van der Waals surface area contributed by atoms with E-state index < -0.39 is 5.97 Å². The minimum atomic E-state index is -0.460. The highest BCUT2D eigenvalue weighted by atomic mass is 32.1. The lowest BCUT2D eigenvalue weighted by molar-refractivity contribution is 0.0601. The Bertz CT molecular complexity index is 1350. The molecule has 5 nitrogen and oxygen atoms in total. The fourth-order valence-corrected chi connectivity index (χ4v) is 4.83. The molecule has 0 spiro atoms. The Morgan fingerprint density at radius 2 is 1.73 bits per heavy atom. The molecule has 1 N–H and O–H groups in total. The van der Waals surface area contributed by atoms with Gasteiger partial charge < -0.3 is 10.1 Å². The average Bonchev–Trinajstić information content (AvgIpc) is 3.10. The van der Waals surface area contributed by atoms with Crippen molar-refractivity contribution in [1.82, 2.24) is 4.98 Å². The number of hydrogen-bond donors (Lipinski definition) is 1. The first-order valence-corrected chi connectivity index (χ1v) is 11.6. The van der Waals surface area contributed by atoms with Crippen LogP contribution in [0.2, 0.25) is 0 Å². The molecule has 4 rings (SSSR count). The Balaban J connectivity index is 1.78. The number of nitrogens with one attached hydrogen (secondary N) is 1. The highest BCUT2D eigenvalue weighted by Crippen LogP contribution is 2.34. The summed E-state index contributed by atoms with van der Waals surface area (Å²) in [5.74, 6) is -0.315. The Kier molecular flexibility index (Phi) is 6.29. The number of rotatable bonds is 5. The van der Waals surface area contributed by atoms with Crippen LogP contribution in [0.15, 0.2) is 54.6 Å². The highest BCUT2D eigenvalue weighted by molar-refractivity contribution is 7.16. The molecule has 33 heavy (non-hydrogen) atoms. The maximum Gasteiger partial charge on any atom is 0.341 e. The fraction of sp³-hybridized carbons (Fsp3) is 0.222. The summed E-state index contributed by atoms with van der Waals surface area (Å²) in [6.45, 7) is 8.09. The Morgan fingerprint density at radius 3 is 2.39 bits per heavy atom. The van der Waals surface area contributed by atoms with Gasteiger partial charge in [-0.2, -0.15) is 0 Å². The van der Waals surface area contributed by atoms with Gasteiger partial charge in [-0.05, 0) is 43.0 Å². The third kappa shape index (κ3) is 4.39. The molecule has 2 aromatic carbocycles. The Hall–Kier alpha value is -3.51. The van der Waals surface area contributed by atoms with Crippen LogP contribution in [-0.4, -0.2) is 24.0 Å². The molecular weight excluding hydrogens is 432 g/mol. The standard InChI is InChI=1S/C27H26N2O3S/c1-15(2)18-10-12-19(13-11-18)23-14-21(20-8-6-7-9-22(20)28-23)25(30)29-26-24(27(31)32-5)16(3)17(4)33-26/h6-15H,1-5H3,(H,29,30). The van der Waals surface area contributed by atoms with Gasteiger partial charge in [0.25, 0.3) is 5.91 Å². The van der Waals surface area contributed by atoms with E-state index in [1.165, 1.54) is 24.0 Å². The lowest BCUT2D eigenvalue weighted by Gasteiger charge is -2.12. The Morgan fingerprint density at radius 1 is 1.03 bits per heavy atom. The number of nitrogens with zero attached hydrogens (tertiary/aromatic N) is 1.